The minimum absolute atomic E-state index is 0.153. The molecule has 0 bridgehead atoms. The zero-order valence-corrected chi connectivity index (χ0v) is 32.7. The van der Waals surface area contributed by atoms with Gasteiger partial charge in [-0.3, -0.25) is 0 Å². The quantitative estimate of drug-likeness (QED) is 0.154. The lowest BCUT2D eigenvalue weighted by Gasteiger charge is -2.32. The molecule has 0 spiro atoms. The summed E-state index contributed by atoms with van der Waals surface area (Å²) in [6, 6.07) is 78.4. The average Bonchev–Trinajstić information content (AvgIpc) is 3.51. The first-order valence-electron chi connectivity index (χ1n) is 20.3. The number of hydrogen-bond acceptors (Lipinski definition) is 1. The molecule has 0 aliphatic heterocycles. The Morgan fingerprint density at radius 3 is 1.79 bits per heavy atom. The fraction of sp³-hybridized carbons (Fsp3) is 0.0526. The molecule has 0 atom stereocenters. The number of anilines is 3. The van der Waals surface area contributed by atoms with E-state index in [0.29, 0.717) is 0 Å². The Labute approximate surface area is 340 Å². The average molecular weight is 740 g/mol. The van der Waals surface area contributed by atoms with Crippen LogP contribution < -0.4 is 4.90 Å². The van der Waals surface area contributed by atoms with Crippen molar-refractivity contribution >= 4 is 49.4 Å². The summed E-state index contributed by atoms with van der Waals surface area (Å²) in [7, 11) is 0. The Bertz CT molecular complexity index is 3210. The van der Waals surface area contributed by atoms with Gasteiger partial charge in [0.1, 0.15) is 0 Å². The number of benzene rings is 10. The van der Waals surface area contributed by atoms with E-state index in [4.69, 9.17) is 0 Å². The van der Waals surface area contributed by atoms with Crippen LogP contribution in [0.25, 0.3) is 76.8 Å². The molecule has 274 valence electrons. The van der Waals surface area contributed by atoms with E-state index in [1.165, 1.54) is 88.0 Å². The second-order valence-corrected chi connectivity index (χ2v) is 16.1. The zero-order valence-electron chi connectivity index (χ0n) is 32.7. The molecule has 0 unspecified atom stereocenters. The van der Waals surface area contributed by atoms with Crippen molar-refractivity contribution in [3.05, 3.63) is 223 Å². The number of fused-ring (bicyclic) bond motifs is 7. The largest absolute Gasteiger partial charge is 0.309 e. The molecule has 1 aliphatic rings. The molecule has 10 aromatic carbocycles. The molecule has 11 rings (SSSR count). The Morgan fingerprint density at radius 1 is 0.328 bits per heavy atom. The van der Waals surface area contributed by atoms with Crippen molar-refractivity contribution in [2.75, 3.05) is 4.90 Å². The van der Waals surface area contributed by atoms with Gasteiger partial charge in [0.15, 0.2) is 0 Å². The zero-order chi connectivity index (χ0) is 38.8. The molecule has 0 fully saturated rings. The third-order valence-corrected chi connectivity index (χ3v) is 12.4. The molecule has 0 saturated carbocycles. The Morgan fingerprint density at radius 2 is 0.948 bits per heavy atom. The normalized spacial score (nSPS) is 12.8. The highest BCUT2D eigenvalue weighted by atomic mass is 15.1. The summed E-state index contributed by atoms with van der Waals surface area (Å²) < 4.78 is 0. The molecule has 1 aliphatic carbocycles. The number of nitrogens with zero attached hydrogens (tertiary/aromatic N) is 1. The number of para-hydroxylation sites is 1. The predicted octanol–water partition coefficient (Wildman–Crippen LogP) is 15.9. The summed E-state index contributed by atoms with van der Waals surface area (Å²) in [5.41, 5.74) is 15.7. The van der Waals surface area contributed by atoms with E-state index in [-0.39, 0.29) is 5.41 Å². The first-order valence-corrected chi connectivity index (χ1v) is 20.3. The topological polar surface area (TPSA) is 3.24 Å². The summed E-state index contributed by atoms with van der Waals surface area (Å²) in [6.07, 6.45) is 0. The highest BCUT2D eigenvalue weighted by molar-refractivity contribution is 6.16. The van der Waals surface area contributed by atoms with E-state index >= 15 is 0 Å². The first kappa shape index (κ1) is 34.1. The maximum Gasteiger partial charge on any atom is 0.0546 e. The van der Waals surface area contributed by atoms with E-state index in [1.54, 1.807) is 0 Å². The molecule has 0 radical (unpaired) electrons. The molecule has 0 saturated heterocycles. The highest BCUT2D eigenvalue weighted by Gasteiger charge is 2.36. The van der Waals surface area contributed by atoms with Crippen LogP contribution in [0.5, 0.6) is 0 Å². The molecule has 1 heteroatoms. The van der Waals surface area contributed by atoms with Gasteiger partial charge in [0.05, 0.1) is 11.4 Å². The smallest absolute Gasteiger partial charge is 0.0546 e. The maximum atomic E-state index is 2.53. The van der Waals surface area contributed by atoms with Crippen molar-refractivity contribution in [1.82, 2.24) is 0 Å². The summed E-state index contributed by atoms with van der Waals surface area (Å²) >= 11 is 0. The van der Waals surface area contributed by atoms with Crippen LogP contribution in [0.15, 0.2) is 212 Å². The van der Waals surface area contributed by atoms with Gasteiger partial charge in [-0.25, -0.2) is 0 Å². The minimum Gasteiger partial charge on any atom is -0.309 e. The Kier molecular flexibility index (Phi) is 7.91. The van der Waals surface area contributed by atoms with Crippen LogP contribution in [0.2, 0.25) is 0 Å². The van der Waals surface area contributed by atoms with Crippen LogP contribution >= 0.6 is 0 Å². The fourth-order valence-electron chi connectivity index (χ4n) is 9.65. The van der Waals surface area contributed by atoms with E-state index in [9.17, 15) is 0 Å². The fourth-order valence-corrected chi connectivity index (χ4v) is 9.65. The summed E-state index contributed by atoms with van der Waals surface area (Å²) in [5.74, 6) is 0. The molecule has 0 N–H and O–H groups in total. The van der Waals surface area contributed by atoms with Crippen LogP contribution in [0, 0.1) is 0 Å². The molecule has 58 heavy (non-hydrogen) atoms. The summed E-state index contributed by atoms with van der Waals surface area (Å²) in [5, 5.41) is 7.48. The minimum atomic E-state index is -0.153. The second-order valence-electron chi connectivity index (χ2n) is 16.1. The molecule has 10 aromatic rings. The van der Waals surface area contributed by atoms with Crippen molar-refractivity contribution < 1.29 is 0 Å². The molecular weight excluding hydrogens is 699 g/mol. The first-order chi connectivity index (χ1) is 28.5. The third kappa shape index (κ3) is 5.39. The Balaban J connectivity index is 1.23. The van der Waals surface area contributed by atoms with E-state index in [2.05, 4.69) is 231 Å². The van der Waals surface area contributed by atoms with Crippen LogP contribution in [0.4, 0.5) is 17.1 Å². The predicted molar refractivity (Wildman–Crippen MR) is 248 cm³/mol. The van der Waals surface area contributed by atoms with E-state index in [0.717, 1.165) is 17.1 Å². The summed E-state index contributed by atoms with van der Waals surface area (Å²) in [4.78, 5) is 2.53. The lowest BCUT2D eigenvalue weighted by Crippen LogP contribution is -2.17. The summed E-state index contributed by atoms with van der Waals surface area (Å²) in [6.45, 7) is 4.74. The van der Waals surface area contributed by atoms with Gasteiger partial charge in [-0.2, -0.15) is 0 Å². The van der Waals surface area contributed by atoms with E-state index in [1.807, 2.05) is 0 Å². The van der Waals surface area contributed by atoms with Crippen LogP contribution in [0.3, 0.4) is 0 Å². The van der Waals surface area contributed by atoms with Crippen molar-refractivity contribution in [2.24, 2.45) is 0 Å². The van der Waals surface area contributed by atoms with Gasteiger partial charge in [0.25, 0.3) is 0 Å². The van der Waals surface area contributed by atoms with Gasteiger partial charge < -0.3 is 4.90 Å². The van der Waals surface area contributed by atoms with Gasteiger partial charge in [-0.05, 0) is 113 Å². The monoisotopic (exact) mass is 739 g/mol. The maximum absolute atomic E-state index is 2.53. The SMILES string of the molecule is CC1(C)c2ccccc2-c2ccc(N(c3ccccc3-c3ccc4ccccc4c3)c3cccc(-c4cc5ccccc5c5ccccc45)c3-c3ccccc3)cc21. The molecule has 1 nitrogen and oxygen atoms in total. The van der Waals surface area contributed by atoms with Crippen molar-refractivity contribution in [3.63, 3.8) is 0 Å². The van der Waals surface area contributed by atoms with Gasteiger partial charge in [-0.15, -0.1) is 0 Å². The highest BCUT2D eigenvalue weighted by Crippen LogP contribution is 2.53. The van der Waals surface area contributed by atoms with Crippen LogP contribution in [-0.4, -0.2) is 0 Å². The van der Waals surface area contributed by atoms with Crippen molar-refractivity contribution in [1.29, 1.82) is 0 Å². The lowest BCUT2D eigenvalue weighted by atomic mass is 9.82. The van der Waals surface area contributed by atoms with Crippen LogP contribution in [-0.2, 0) is 5.41 Å². The van der Waals surface area contributed by atoms with Gasteiger partial charge in [0, 0.05) is 22.2 Å². The van der Waals surface area contributed by atoms with Crippen molar-refractivity contribution in [3.8, 4) is 44.5 Å². The van der Waals surface area contributed by atoms with Gasteiger partial charge >= 0.3 is 0 Å². The number of rotatable bonds is 6. The van der Waals surface area contributed by atoms with Gasteiger partial charge in [-0.1, -0.05) is 190 Å². The molecule has 0 heterocycles. The second kappa shape index (κ2) is 13.5. The number of hydrogen-bond donors (Lipinski definition) is 0. The van der Waals surface area contributed by atoms with Crippen LogP contribution in [0.1, 0.15) is 25.0 Å². The lowest BCUT2D eigenvalue weighted by molar-refractivity contribution is 0.660. The van der Waals surface area contributed by atoms with Crippen molar-refractivity contribution in [2.45, 2.75) is 19.3 Å². The van der Waals surface area contributed by atoms with E-state index < -0.39 is 0 Å². The molecule has 0 aromatic heterocycles. The Hall–Kier alpha value is -7.22. The standard InChI is InChI=1S/C57H41N/c1-57(2)52-28-14-12-26-48(52)49-34-33-43(37-53(49)57)58(54-29-15-13-23-45(54)42-32-31-38-17-6-7-20-40(38)35-42)55-30-16-27-50(56(55)39-18-4-3-5-19-39)51-36-41-21-8-9-22-44(41)46-24-10-11-25-47(46)51/h3-37H,1-2H3. The van der Waals surface area contributed by atoms with Gasteiger partial charge in [0.2, 0.25) is 0 Å². The third-order valence-electron chi connectivity index (χ3n) is 12.4. The molecular formula is C57H41N. The molecule has 0 amide bonds.